The number of alkyl halides is 6. The Labute approximate surface area is 311 Å². The number of imidazole rings is 1. The summed E-state index contributed by atoms with van der Waals surface area (Å²) in [6.07, 6.45) is -9.46. The highest BCUT2D eigenvalue weighted by Crippen LogP contribution is 2.36. The van der Waals surface area contributed by atoms with Gasteiger partial charge in [-0.15, -0.1) is 0 Å². The maximum absolute atomic E-state index is 14.2. The van der Waals surface area contributed by atoms with Gasteiger partial charge in [0.05, 0.1) is 29.2 Å². The molecular formula is C36H29BrF6N6O5. The summed E-state index contributed by atoms with van der Waals surface area (Å²) in [6, 6.07) is 16.4. The van der Waals surface area contributed by atoms with Crippen molar-refractivity contribution in [2.45, 2.75) is 51.1 Å². The second-order valence-corrected chi connectivity index (χ2v) is 13.1. The number of rotatable bonds is 9. The van der Waals surface area contributed by atoms with Crippen molar-refractivity contribution in [2.24, 2.45) is 0 Å². The topological polar surface area (TPSA) is 132 Å². The number of nitrogens with one attached hydrogen (secondary N) is 1. The van der Waals surface area contributed by atoms with Crippen molar-refractivity contribution in [2.75, 3.05) is 6.61 Å². The van der Waals surface area contributed by atoms with Crippen LogP contribution in [0.25, 0.3) is 16.9 Å². The number of aliphatic hydroxyl groups is 1. The number of amides is 2. The number of carbonyl (C=O) groups excluding carboxylic acids is 2. The first-order valence-corrected chi connectivity index (χ1v) is 17.0. The first-order valence-electron chi connectivity index (χ1n) is 16.2. The Kier molecular flexibility index (Phi) is 10.7. The Morgan fingerprint density at radius 2 is 1.76 bits per heavy atom. The van der Waals surface area contributed by atoms with E-state index < -0.39 is 54.2 Å². The lowest BCUT2D eigenvalue weighted by Crippen LogP contribution is -2.47. The van der Waals surface area contributed by atoms with Crippen LogP contribution in [0.3, 0.4) is 0 Å². The molecule has 11 nitrogen and oxygen atoms in total. The molecule has 0 fully saturated rings. The molecule has 2 amide bonds. The predicted octanol–water partition coefficient (Wildman–Crippen LogP) is 6.15. The molecule has 0 unspecified atom stereocenters. The van der Waals surface area contributed by atoms with Crippen LogP contribution in [0.1, 0.15) is 44.6 Å². The number of hydrogen-bond donors (Lipinski definition) is 2. The second-order valence-electron chi connectivity index (χ2n) is 12.3. The molecule has 3 aromatic carbocycles. The quantitative estimate of drug-likeness (QED) is 0.171. The number of halogens is 7. The van der Waals surface area contributed by atoms with E-state index in [9.17, 15) is 45.8 Å². The van der Waals surface area contributed by atoms with E-state index in [0.29, 0.717) is 16.8 Å². The zero-order chi connectivity index (χ0) is 38.9. The first kappa shape index (κ1) is 38.2. The first-order chi connectivity index (χ1) is 25.5. The Morgan fingerprint density at radius 1 is 1.04 bits per heavy atom. The van der Waals surface area contributed by atoms with Crippen molar-refractivity contribution in [1.29, 1.82) is 0 Å². The van der Waals surface area contributed by atoms with Crippen molar-refractivity contribution in [3.8, 4) is 22.7 Å². The van der Waals surface area contributed by atoms with Crippen LogP contribution in [0, 0.1) is 0 Å². The van der Waals surface area contributed by atoms with E-state index in [1.807, 2.05) is 0 Å². The SMILES string of the molecule is C[C@H]1Cn2c(c(C(=O)NCc3ccccc3-c3ccncn3)n(-c3ccc(OC[C@@H](O)C(F)(F)F)cc3)c2=O)CN1C(=O)c1ccc(Br)c(C(F)(F)F)c1. The molecule has 0 aliphatic carbocycles. The van der Waals surface area contributed by atoms with Crippen molar-refractivity contribution in [3.63, 3.8) is 0 Å². The van der Waals surface area contributed by atoms with E-state index in [1.165, 1.54) is 46.1 Å². The van der Waals surface area contributed by atoms with Gasteiger partial charge >= 0.3 is 18.0 Å². The lowest BCUT2D eigenvalue weighted by atomic mass is 10.0. The molecule has 5 aromatic rings. The van der Waals surface area contributed by atoms with Crippen molar-refractivity contribution in [1.82, 2.24) is 29.3 Å². The molecule has 2 aromatic heterocycles. The molecule has 3 heterocycles. The number of benzene rings is 3. The minimum Gasteiger partial charge on any atom is -0.491 e. The average Bonchev–Trinajstić information content (AvgIpc) is 3.42. The molecule has 0 spiro atoms. The average molecular weight is 820 g/mol. The van der Waals surface area contributed by atoms with Crippen LogP contribution in [-0.2, 0) is 25.8 Å². The fraction of sp³-hybridized carbons (Fsp3) is 0.250. The van der Waals surface area contributed by atoms with Gasteiger partial charge in [-0.3, -0.25) is 18.7 Å². The molecule has 0 radical (unpaired) electrons. The van der Waals surface area contributed by atoms with Crippen LogP contribution in [0.15, 0.2) is 94.6 Å². The van der Waals surface area contributed by atoms with Crippen LogP contribution >= 0.6 is 15.9 Å². The third-order valence-electron chi connectivity index (χ3n) is 8.73. The molecule has 18 heteroatoms. The van der Waals surface area contributed by atoms with Crippen LogP contribution < -0.4 is 15.7 Å². The van der Waals surface area contributed by atoms with Crippen molar-refractivity contribution < 1.29 is 45.8 Å². The van der Waals surface area contributed by atoms with Gasteiger partial charge in [-0.2, -0.15) is 26.3 Å². The molecule has 0 saturated carbocycles. The van der Waals surface area contributed by atoms with E-state index in [4.69, 9.17) is 4.74 Å². The zero-order valence-corrected chi connectivity index (χ0v) is 29.6. The summed E-state index contributed by atoms with van der Waals surface area (Å²) in [5.74, 6) is -1.57. The summed E-state index contributed by atoms with van der Waals surface area (Å²) in [4.78, 5) is 51.5. The summed E-state index contributed by atoms with van der Waals surface area (Å²) < 4.78 is 86.7. The second kappa shape index (κ2) is 15.1. The Morgan fingerprint density at radius 3 is 2.43 bits per heavy atom. The van der Waals surface area contributed by atoms with Gasteiger partial charge in [-0.05, 0) is 61.0 Å². The monoisotopic (exact) mass is 818 g/mol. The predicted molar refractivity (Wildman–Crippen MR) is 185 cm³/mol. The van der Waals surface area contributed by atoms with Gasteiger partial charge in [0.15, 0.2) is 6.10 Å². The van der Waals surface area contributed by atoms with Crippen LogP contribution in [0.4, 0.5) is 26.3 Å². The summed E-state index contributed by atoms with van der Waals surface area (Å²) in [5.41, 5.74) is -0.0222. The molecule has 2 N–H and O–H groups in total. The number of fused-ring (bicyclic) bond motifs is 1. The van der Waals surface area contributed by atoms with Gasteiger partial charge in [0, 0.05) is 40.9 Å². The molecule has 0 bridgehead atoms. The maximum Gasteiger partial charge on any atom is 0.417 e. The number of carbonyl (C=O) groups is 2. The van der Waals surface area contributed by atoms with Gasteiger partial charge in [0.2, 0.25) is 0 Å². The minimum absolute atomic E-state index is 0.0374. The summed E-state index contributed by atoms with van der Waals surface area (Å²) in [5, 5.41) is 12.1. The van der Waals surface area contributed by atoms with Crippen molar-refractivity contribution in [3.05, 3.63) is 128 Å². The fourth-order valence-corrected chi connectivity index (χ4v) is 6.47. The minimum atomic E-state index is -4.90. The fourth-order valence-electron chi connectivity index (χ4n) is 6.00. The van der Waals surface area contributed by atoms with Gasteiger partial charge in [0.1, 0.15) is 24.4 Å². The summed E-state index contributed by atoms with van der Waals surface area (Å²) in [6.45, 7) is 0.0289. The molecule has 0 saturated heterocycles. The Balaban J connectivity index is 1.37. The standard InChI is InChI=1S/C36H29BrF6N6O5/c1-20-16-48-29(17-47(20)33(52)21-6-11-27(37)26(14-21)35(38,39)40)31(32(51)45-15-22-4-2-3-5-25(22)28-12-13-44-19-46-28)49(34(48)53)23-7-9-24(10-8-23)54-18-30(50)36(41,42)43/h2-14,19-20,30,50H,15-18H2,1H3,(H,45,51)/t20-,30+/m0/s1. The van der Waals surface area contributed by atoms with Crippen LogP contribution in [0.2, 0.25) is 0 Å². The molecule has 6 rings (SSSR count). The normalized spacial score (nSPS) is 15.1. The third-order valence-corrected chi connectivity index (χ3v) is 9.43. The summed E-state index contributed by atoms with van der Waals surface area (Å²) >= 11 is 2.88. The highest BCUT2D eigenvalue weighted by Gasteiger charge is 2.39. The van der Waals surface area contributed by atoms with E-state index in [-0.39, 0.29) is 52.5 Å². The lowest BCUT2D eigenvalue weighted by Gasteiger charge is -2.34. The number of aromatic nitrogens is 4. The zero-order valence-electron chi connectivity index (χ0n) is 28.0. The molecule has 282 valence electrons. The van der Waals surface area contributed by atoms with Gasteiger partial charge in [0.25, 0.3) is 11.8 Å². The van der Waals surface area contributed by atoms with Crippen molar-refractivity contribution >= 4 is 27.7 Å². The molecule has 2 atom stereocenters. The van der Waals surface area contributed by atoms with Gasteiger partial charge in [-0.1, -0.05) is 40.2 Å². The molecule has 1 aliphatic heterocycles. The highest BCUT2D eigenvalue weighted by molar-refractivity contribution is 9.10. The molecule has 1 aliphatic rings. The van der Waals surface area contributed by atoms with E-state index in [2.05, 4.69) is 31.2 Å². The van der Waals surface area contributed by atoms with E-state index in [1.54, 1.807) is 43.5 Å². The van der Waals surface area contributed by atoms with Crippen LogP contribution in [0.5, 0.6) is 5.75 Å². The lowest BCUT2D eigenvalue weighted by molar-refractivity contribution is -0.210. The van der Waals surface area contributed by atoms with Gasteiger partial charge in [-0.25, -0.2) is 14.8 Å². The highest BCUT2D eigenvalue weighted by atomic mass is 79.9. The van der Waals surface area contributed by atoms with E-state index in [0.717, 1.165) is 16.7 Å². The third kappa shape index (κ3) is 7.89. The smallest absolute Gasteiger partial charge is 0.417 e. The number of aliphatic hydroxyl groups excluding tert-OH is 1. The number of ether oxygens (including phenoxy) is 1. The number of hydrogen-bond acceptors (Lipinski definition) is 7. The Hall–Kier alpha value is -5.49. The Bertz CT molecular complexity index is 2240. The summed E-state index contributed by atoms with van der Waals surface area (Å²) in [7, 11) is 0. The van der Waals surface area contributed by atoms with Crippen LogP contribution in [-0.4, -0.2) is 65.9 Å². The molecule has 54 heavy (non-hydrogen) atoms. The van der Waals surface area contributed by atoms with Gasteiger partial charge < -0.3 is 20.1 Å². The largest absolute Gasteiger partial charge is 0.491 e. The maximum atomic E-state index is 14.2. The van der Waals surface area contributed by atoms with E-state index >= 15 is 0 Å². The number of nitrogens with zero attached hydrogens (tertiary/aromatic N) is 5. The molecular weight excluding hydrogens is 790 g/mol.